The monoisotopic (exact) mass is 371 g/mol. The predicted octanol–water partition coefficient (Wildman–Crippen LogP) is 2.57. The summed E-state index contributed by atoms with van der Waals surface area (Å²) in [5.41, 5.74) is 0.144. The summed E-state index contributed by atoms with van der Waals surface area (Å²) >= 11 is 0. The van der Waals surface area contributed by atoms with Crippen molar-refractivity contribution in [2.24, 2.45) is 7.05 Å². The highest BCUT2D eigenvalue weighted by atomic mass is 19.1. The van der Waals surface area contributed by atoms with E-state index in [2.05, 4.69) is 19.7 Å². The lowest BCUT2D eigenvalue weighted by Gasteiger charge is -2.32. The number of carbonyl (C=O) groups excluding carboxylic acids is 1. The Balaban J connectivity index is 1.47. The summed E-state index contributed by atoms with van der Waals surface area (Å²) in [5.74, 6) is 1.34. The fraction of sp³-hybridized carbons (Fsp3) is 0.550. The van der Waals surface area contributed by atoms with E-state index in [4.69, 9.17) is 0 Å². The summed E-state index contributed by atoms with van der Waals surface area (Å²) in [6, 6.07) is 6.19. The van der Waals surface area contributed by atoms with E-state index in [0.717, 1.165) is 44.1 Å². The third kappa shape index (κ3) is 3.74. The standard InChI is InChI=1S/C20H26FN5O/c1-24-18(14-25-10-4-5-11-25)22-23-19(24)15-7-6-12-26(13-15)20(27)16-8-2-3-9-17(16)21/h2-3,8-9,15H,4-7,10-14H2,1H3. The lowest BCUT2D eigenvalue weighted by molar-refractivity contribution is 0.0698. The minimum atomic E-state index is -0.462. The van der Waals surface area contributed by atoms with Crippen molar-refractivity contribution in [1.29, 1.82) is 0 Å². The molecule has 1 amide bonds. The molecule has 2 aliphatic heterocycles. The molecule has 0 radical (unpaired) electrons. The van der Waals surface area contributed by atoms with Crippen LogP contribution in [0.5, 0.6) is 0 Å². The van der Waals surface area contributed by atoms with Crippen molar-refractivity contribution in [3.8, 4) is 0 Å². The van der Waals surface area contributed by atoms with Crippen LogP contribution in [0.1, 0.15) is 53.6 Å². The topological polar surface area (TPSA) is 54.3 Å². The first-order valence-corrected chi connectivity index (χ1v) is 9.78. The second-order valence-corrected chi connectivity index (χ2v) is 7.59. The molecule has 2 saturated heterocycles. The van der Waals surface area contributed by atoms with Crippen LogP contribution >= 0.6 is 0 Å². The van der Waals surface area contributed by atoms with Crippen molar-refractivity contribution in [3.63, 3.8) is 0 Å². The van der Waals surface area contributed by atoms with Crippen molar-refractivity contribution in [2.45, 2.75) is 38.1 Å². The molecule has 1 aromatic heterocycles. The lowest BCUT2D eigenvalue weighted by atomic mass is 9.96. The number of hydrogen-bond donors (Lipinski definition) is 0. The molecule has 2 aliphatic rings. The maximum absolute atomic E-state index is 14.0. The highest BCUT2D eigenvalue weighted by Crippen LogP contribution is 2.27. The van der Waals surface area contributed by atoms with Crippen LogP contribution in [0.4, 0.5) is 4.39 Å². The maximum atomic E-state index is 14.0. The van der Waals surface area contributed by atoms with E-state index < -0.39 is 5.82 Å². The Labute approximate surface area is 159 Å². The number of piperidine rings is 1. The van der Waals surface area contributed by atoms with Gasteiger partial charge in [0.15, 0.2) is 0 Å². The molecule has 0 saturated carbocycles. The van der Waals surface area contributed by atoms with Gasteiger partial charge in [-0.05, 0) is 50.9 Å². The Kier molecular flexibility index (Phi) is 5.20. The molecule has 2 fully saturated rings. The molecule has 7 heteroatoms. The smallest absolute Gasteiger partial charge is 0.256 e. The summed E-state index contributed by atoms with van der Waals surface area (Å²) in [6.45, 7) is 4.28. The van der Waals surface area contributed by atoms with Crippen LogP contribution in [-0.4, -0.2) is 56.7 Å². The molecule has 1 atom stereocenters. The number of benzene rings is 1. The van der Waals surface area contributed by atoms with E-state index in [-0.39, 0.29) is 17.4 Å². The van der Waals surface area contributed by atoms with Crippen LogP contribution in [0, 0.1) is 5.82 Å². The molecular weight excluding hydrogens is 345 g/mol. The van der Waals surface area contributed by atoms with E-state index in [1.54, 1.807) is 23.1 Å². The highest BCUT2D eigenvalue weighted by Gasteiger charge is 2.30. The summed E-state index contributed by atoms with van der Waals surface area (Å²) in [6.07, 6.45) is 4.36. The van der Waals surface area contributed by atoms with Crippen molar-refractivity contribution >= 4 is 5.91 Å². The van der Waals surface area contributed by atoms with Crippen molar-refractivity contribution in [1.82, 2.24) is 24.6 Å². The molecule has 0 aliphatic carbocycles. The average molecular weight is 371 g/mol. The number of hydrogen-bond acceptors (Lipinski definition) is 4. The SMILES string of the molecule is Cn1c(CN2CCCC2)nnc1C1CCCN(C(=O)c2ccccc2F)C1. The molecule has 6 nitrogen and oxygen atoms in total. The zero-order valence-corrected chi connectivity index (χ0v) is 15.8. The minimum absolute atomic E-state index is 0.138. The Morgan fingerprint density at radius 2 is 1.93 bits per heavy atom. The summed E-state index contributed by atoms with van der Waals surface area (Å²) in [4.78, 5) is 16.9. The Morgan fingerprint density at radius 3 is 2.70 bits per heavy atom. The second-order valence-electron chi connectivity index (χ2n) is 7.59. The first-order chi connectivity index (χ1) is 13.1. The van der Waals surface area contributed by atoms with E-state index in [9.17, 15) is 9.18 Å². The molecule has 1 unspecified atom stereocenters. The van der Waals surface area contributed by atoms with Crippen molar-refractivity contribution in [2.75, 3.05) is 26.2 Å². The van der Waals surface area contributed by atoms with E-state index >= 15 is 0 Å². The van der Waals surface area contributed by atoms with Gasteiger partial charge < -0.3 is 9.47 Å². The van der Waals surface area contributed by atoms with Gasteiger partial charge >= 0.3 is 0 Å². The number of likely N-dealkylation sites (tertiary alicyclic amines) is 2. The van der Waals surface area contributed by atoms with Crippen LogP contribution in [-0.2, 0) is 13.6 Å². The number of nitrogens with zero attached hydrogens (tertiary/aromatic N) is 5. The van der Waals surface area contributed by atoms with Gasteiger partial charge in [-0.2, -0.15) is 0 Å². The number of aromatic nitrogens is 3. The molecule has 4 rings (SSSR count). The zero-order chi connectivity index (χ0) is 18.8. The molecular formula is C20H26FN5O. The van der Waals surface area contributed by atoms with Crippen LogP contribution in [0.2, 0.25) is 0 Å². The number of carbonyl (C=O) groups is 1. The predicted molar refractivity (Wildman–Crippen MR) is 99.8 cm³/mol. The third-order valence-corrected chi connectivity index (χ3v) is 5.74. The molecule has 1 aromatic carbocycles. The largest absolute Gasteiger partial charge is 0.338 e. The van der Waals surface area contributed by atoms with Crippen molar-refractivity contribution in [3.05, 3.63) is 47.3 Å². The molecule has 0 N–H and O–H groups in total. The number of rotatable bonds is 4. The van der Waals surface area contributed by atoms with Gasteiger partial charge in [0.05, 0.1) is 12.1 Å². The van der Waals surface area contributed by atoms with Crippen molar-refractivity contribution < 1.29 is 9.18 Å². The van der Waals surface area contributed by atoms with Gasteiger partial charge in [0.25, 0.3) is 5.91 Å². The Hall–Kier alpha value is -2.28. The normalized spacial score (nSPS) is 21.0. The van der Waals surface area contributed by atoms with Gasteiger partial charge in [-0.15, -0.1) is 10.2 Å². The molecule has 27 heavy (non-hydrogen) atoms. The van der Waals surface area contributed by atoms with Crippen LogP contribution in [0.25, 0.3) is 0 Å². The first-order valence-electron chi connectivity index (χ1n) is 9.78. The molecule has 144 valence electrons. The van der Waals surface area contributed by atoms with Gasteiger partial charge in [0.1, 0.15) is 17.5 Å². The lowest BCUT2D eigenvalue weighted by Crippen LogP contribution is -2.40. The number of halogens is 1. The fourth-order valence-electron chi connectivity index (χ4n) is 4.19. The van der Waals surface area contributed by atoms with E-state index in [1.807, 2.05) is 7.05 Å². The number of amides is 1. The maximum Gasteiger partial charge on any atom is 0.256 e. The van der Waals surface area contributed by atoms with Gasteiger partial charge in [0, 0.05) is 26.1 Å². The molecule has 2 aromatic rings. The highest BCUT2D eigenvalue weighted by molar-refractivity contribution is 5.94. The minimum Gasteiger partial charge on any atom is -0.338 e. The average Bonchev–Trinajstić information content (AvgIpc) is 3.32. The van der Waals surface area contributed by atoms with Gasteiger partial charge in [-0.1, -0.05) is 12.1 Å². The van der Waals surface area contributed by atoms with Gasteiger partial charge in [-0.3, -0.25) is 9.69 Å². The van der Waals surface area contributed by atoms with E-state index in [1.165, 1.54) is 18.9 Å². The van der Waals surface area contributed by atoms with Gasteiger partial charge in [-0.25, -0.2) is 4.39 Å². The van der Waals surface area contributed by atoms with Crippen LogP contribution in [0.3, 0.4) is 0 Å². The molecule has 0 bridgehead atoms. The third-order valence-electron chi connectivity index (χ3n) is 5.74. The zero-order valence-electron chi connectivity index (χ0n) is 15.8. The Bertz CT molecular complexity index is 814. The van der Waals surface area contributed by atoms with Crippen LogP contribution < -0.4 is 0 Å². The molecule has 0 spiro atoms. The first kappa shape index (κ1) is 18.1. The summed E-state index contributed by atoms with van der Waals surface area (Å²) in [7, 11) is 2.01. The Morgan fingerprint density at radius 1 is 1.15 bits per heavy atom. The molecule has 3 heterocycles. The van der Waals surface area contributed by atoms with Crippen LogP contribution in [0.15, 0.2) is 24.3 Å². The van der Waals surface area contributed by atoms with Gasteiger partial charge in [0.2, 0.25) is 0 Å². The second kappa shape index (κ2) is 7.76. The fourth-order valence-corrected chi connectivity index (χ4v) is 4.19. The quantitative estimate of drug-likeness (QED) is 0.829. The summed E-state index contributed by atoms with van der Waals surface area (Å²) < 4.78 is 16.1. The van der Waals surface area contributed by atoms with E-state index in [0.29, 0.717) is 13.1 Å². The summed E-state index contributed by atoms with van der Waals surface area (Å²) in [5, 5.41) is 8.84.